The maximum atomic E-state index is 5.28. The van der Waals surface area contributed by atoms with Crippen LogP contribution in [-0.4, -0.2) is 21.9 Å². The Bertz CT molecular complexity index is 608. The zero-order valence-corrected chi connectivity index (χ0v) is 12.7. The summed E-state index contributed by atoms with van der Waals surface area (Å²) >= 11 is 0. The molecule has 2 aromatic rings. The number of rotatable bonds is 5. The molecule has 0 saturated heterocycles. The van der Waals surface area contributed by atoms with E-state index in [0.29, 0.717) is 0 Å². The van der Waals surface area contributed by atoms with Crippen molar-refractivity contribution in [2.75, 3.05) is 7.11 Å². The van der Waals surface area contributed by atoms with Crippen LogP contribution in [0.1, 0.15) is 43.0 Å². The van der Waals surface area contributed by atoms with Crippen molar-refractivity contribution in [2.24, 2.45) is 0 Å². The Hall–Kier alpha value is -1.88. The molecule has 21 heavy (non-hydrogen) atoms. The van der Waals surface area contributed by atoms with Gasteiger partial charge in [0.25, 0.3) is 0 Å². The number of nitrogens with zero attached hydrogens (tertiary/aromatic N) is 3. The van der Waals surface area contributed by atoms with Crippen LogP contribution in [0.2, 0.25) is 0 Å². The number of ether oxygens (including phenoxy) is 1. The van der Waals surface area contributed by atoms with Gasteiger partial charge in [-0.2, -0.15) is 0 Å². The Morgan fingerprint density at radius 3 is 3.10 bits per heavy atom. The molecule has 0 radical (unpaired) electrons. The molecule has 112 valence electrons. The summed E-state index contributed by atoms with van der Waals surface area (Å²) in [7, 11) is 1.69. The van der Waals surface area contributed by atoms with Crippen molar-refractivity contribution in [3.8, 4) is 5.75 Å². The molecule has 1 aromatic heterocycles. The first-order valence-electron chi connectivity index (χ1n) is 7.56. The van der Waals surface area contributed by atoms with Crippen LogP contribution in [-0.2, 0) is 19.5 Å². The lowest BCUT2D eigenvalue weighted by Crippen LogP contribution is -2.22. The van der Waals surface area contributed by atoms with E-state index < -0.39 is 0 Å². The summed E-state index contributed by atoms with van der Waals surface area (Å²) in [5.41, 5.74) is 1.22. The van der Waals surface area contributed by atoms with E-state index in [1.807, 2.05) is 12.1 Å². The molecule has 0 fully saturated rings. The molecule has 3 rings (SSSR count). The fourth-order valence-corrected chi connectivity index (χ4v) is 2.77. The molecule has 0 amide bonds. The normalized spacial score (nSPS) is 15.5. The van der Waals surface area contributed by atoms with Gasteiger partial charge in [0.2, 0.25) is 0 Å². The largest absolute Gasteiger partial charge is 0.497 e. The quantitative estimate of drug-likeness (QED) is 0.917. The second kappa shape index (κ2) is 6.26. The van der Waals surface area contributed by atoms with Gasteiger partial charge in [-0.15, -0.1) is 10.2 Å². The molecule has 0 bridgehead atoms. The predicted octanol–water partition coefficient (Wildman–Crippen LogP) is 2.47. The molecule has 1 atom stereocenters. The van der Waals surface area contributed by atoms with Crippen LogP contribution in [0, 0.1) is 0 Å². The van der Waals surface area contributed by atoms with Gasteiger partial charge >= 0.3 is 0 Å². The second-order valence-electron chi connectivity index (χ2n) is 5.52. The number of methoxy groups -OCH3 is 1. The van der Waals surface area contributed by atoms with Crippen molar-refractivity contribution in [3.63, 3.8) is 0 Å². The molecule has 0 saturated carbocycles. The van der Waals surface area contributed by atoms with E-state index in [1.54, 1.807) is 7.11 Å². The minimum absolute atomic E-state index is 0.247. The number of nitrogens with one attached hydrogen (secondary N) is 1. The van der Waals surface area contributed by atoms with E-state index in [-0.39, 0.29) is 6.04 Å². The molecular formula is C16H22N4O. The Kier molecular flexibility index (Phi) is 4.20. The van der Waals surface area contributed by atoms with Gasteiger partial charge in [-0.25, -0.2) is 0 Å². The van der Waals surface area contributed by atoms with Gasteiger partial charge in [0.1, 0.15) is 17.4 Å². The first-order valence-corrected chi connectivity index (χ1v) is 7.56. The van der Waals surface area contributed by atoms with E-state index in [4.69, 9.17) is 4.74 Å². The number of hydrogen-bond acceptors (Lipinski definition) is 4. The van der Waals surface area contributed by atoms with Crippen LogP contribution in [0.15, 0.2) is 24.3 Å². The smallest absolute Gasteiger partial charge is 0.147 e. The maximum absolute atomic E-state index is 5.28. The van der Waals surface area contributed by atoms with Crippen molar-refractivity contribution < 1.29 is 4.74 Å². The van der Waals surface area contributed by atoms with Gasteiger partial charge in [-0.1, -0.05) is 12.1 Å². The minimum Gasteiger partial charge on any atom is -0.497 e. The highest BCUT2D eigenvalue weighted by molar-refractivity contribution is 5.30. The third-order valence-corrected chi connectivity index (χ3v) is 4.10. The number of fused-ring (bicyclic) bond motifs is 1. The average Bonchev–Trinajstić information content (AvgIpc) is 2.96. The molecule has 5 heteroatoms. The molecule has 1 aromatic carbocycles. The van der Waals surface area contributed by atoms with Crippen molar-refractivity contribution in [1.29, 1.82) is 0 Å². The third-order valence-electron chi connectivity index (χ3n) is 4.10. The standard InChI is InChI=1S/C16H22N4O/c1-12(13-6-5-7-14(10-13)21-2)17-11-16-19-18-15-8-3-4-9-20(15)16/h5-7,10,12,17H,3-4,8-9,11H2,1-2H3/t12-/m0/s1. The summed E-state index contributed by atoms with van der Waals surface area (Å²) < 4.78 is 7.53. The van der Waals surface area contributed by atoms with E-state index >= 15 is 0 Å². The lowest BCUT2D eigenvalue weighted by atomic mass is 10.1. The van der Waals surface area contributed by atoms with Gasteiger partial charge in [0.05, 0.1) is 13.7 Å². The molecular weight excluding hydrogens is 264 g/mol. The van der Waals surface area contributed by atoms with Gasteiger partial charge in [0, 0.05) is 19.0 Å². The second-order valence-corrected chi connectivity index (χ2v) is 5.52. The summed E-state index contributed by atoms with van der Waals surface area (Å²) in [5.74, 6) is 3.06. The summed E-state index contributed by atoms with van der Waals surface area (Å²) in [4.78, 5) is 0. The van der Waals surface area contributed by atoms with Crippen LogP contribution in [0.3, 0.4) is 0 Å². The fourth-order valence-electron chi connectivity index (χ4n) is 2.77. The van der Waals surface area contributed by atoms with E-state index in [0.717, 1.165) is 36.9 Å². The van der Waals surface area contributed by atoms with Crippen LogP contribution < -0.4 is 10.1 Å². The highest BCUT2D eigenvalue weighted by atomic mass is 16.5. The van der Waals surface area contributed by atoms with Crippen LogP contribution >= 0.6 is 0 Å². The average molecular weight is 286 g/mol. The Morgan fingerprint density at radius 1 is 1.33 bits per heavy atom. The summed E-state index contributed by atoms with van der Waals surface area (Å²) in [6.07, 6.45) is 3.51. The van der Waals surface area contributed by atoms with Crippen LogP contribution in [0.4, 0.5) is 0 Å². The maximum Gasteiger partial charge on any atom is 0.147 e. The number of benzene rings is 1. The number of aromatic nitrogens is 3. The molecule has 1 N–H and O–H groups in total. The van der Waals surface area contributed by atoms with Crippen LogP contribution in [0.25, 0.3) is 0 Å². The third kappa shape index (κ3) is 3.08. The fraction of sp³-hybridized carbons (Fsp3) is 0.500. The van der Waals surface area contributed by atoms with Crippen molar-refractivity contribution in [3.05, 3.63) is 41.5 Å². The highest BCUT2D eigenvalue weighted by Crippen LogP contribution is 2.19. The molecule has 1 aliphatic heterocycles. The van der Waals surface area contributed by atoms with E-state index in [2.05, 4.69) is 39.1 Å². The predicted molar refractivity (Wildman–Crippen MR) is 81.2 cm³/mol. The summed E-state index contributed by atoms with van der Waals surface area (Å²) in [6.45, 7) is 3.94. The van der Waals surface area contributed by atoms with Gasteiger partial charge in [-0.05, 0) is 37.5 Å². The molecule has 2 heterocycles. The minimum atomic E-state index is 0.247. The zero-order valence-electron chi connectivity index (χ0n) is 12.7. The lowest BCUT2D eigenvalue weighted by molar-refractivity contribution is 0.413. The Labute approximate surface area is 125 Å². The van der Waals surface area contributed by atoms with Gasteiger partial charge in [0.15, 0.2) is 0 Å². The topological polar surface area (TPSA) is 52.0 Å². The van der Waals surface area contributed by atoms with Crippen molar-refractivity contribution in [2.45, 2.75) is 45.3 Å². The molecule has 0 spiro atoms. The number of aryl methyl sites for hydroxylation is 1. The monoisotopic (exact) mass is 286 g/mol. The molecule has 0 unspecified atom stereocenters. The zero-order chi connectivity index (χ0) is 14.7. The van der Waals surface area contributed by atoms with Crippen LogP contribution in [0.5, 0.6) is 5.75 Å². The van der Waals surface area contributed by atoms with Crippen molar-refractivity contribution >= 4 is 0 Å². The van der Waals surface area contributed by atoms with Gasteiger partial charge < -0.3 is 14.6 Å². The van der Waals surface area contributed by atoms with Gasteiger partial charge in [-0.3, -0.25) is 0 Å². The lowest BCUT2D eigenvalue weighted by Gasteiger charge is -2.17. The molecule has 1 aliphatic rings. The SMILES string of the molecule is COc1cccc([C@H](C)NCc2nnc3n2CCCC3)c1. The van der Waals surface area contributed by atoms with E-state index in [9.17, 15) is 0 Å². The highest BCUT2D eigenvalue weighted by Gasteiger charge is 2.16. The summed E-state index contributed by atoms with van der Waals surface area (Å²) in [5, 5.41) is 12.1. The van der Waals surface area contributed by atoms with Crippen molar-refractivity contribution in [1.82, 2.24) is 20.1 Å². The molecule has 5 nitrogen and oxygen atoms in total. The first-order chi connectivity index (χ1) is 10.3. The number of hydrogen-bond donors (Lipinski definition) is 1. The summed E-state index contributed by atoms with van der Waals surface area (Å²) in [6, 6.07) is 8.41. The first kappa shape index (κ1) is 14.1. The van der Waals surface area contributed by atoms with E-state index in [1.165, 1.54) is 18.4 Å². The molecule has 0 aliphatic carbocycles. The Balaban J connectivity index is 1.65. The Morgan fingerprint density at radius 2 is 2.24 bits per heavy atom.